The van der Waals surface area contributed by atoms with Crippen LogP contribution in [0.4, 0.5) is 34.1 Å². The normalized spacial score (nSPS) is 12.3. The average Bonchev–Trinajstić information content (AvgIpc) is 3.99. The van der Waals surface area contributed by atoms with Crippen LogP contribution in [0.25, 0.3) is 61.4 Å². The van der Waals surface area contributed by atoms with Crippen LogP contribution in [0.3, 0.4) is 0 Å². The van der Waals surface area contributed by atoms with E-state index >= 15 is 0 Å². The third-order valence-corrected chi connectivity index (χ3v) is 15.4. The van der Waals surface area contributed by atoms with Gasteiger partial charge in [0.25, 0.3) is 0 Å². The molecule has 0 saturated carbocycles. The lowest BCUT2D eigenvalue weighted by atomic mass is 9.86. The van der Waals surface area contributed by atoms with Crippen molar-refractivity contribution < 1.29 is 0 Å². The zero-order chi connectivity index (χ0) is 55.4. The summed E-state index contributed by atoms with van der Waals surface area (Å²) < 4.78 is 2.52. The van der Waals surface area contributed by atoms with Gasteiger partial charge < -0.3 is 14.4 Å². The van der Waals surface area contributed by atoms with Gasteiger partial charge in [0, 0.05) is 50.2 Å². The fraction of sp³-hybridized carbons (Fsp3) is 0.216. The monoisotopic (exact) mass is 1030 g/mol. The molecule has 9 aromatic carbocycles. The van der Waals surface area contributed by atoms with Crippen LogP contribution in [-0.2, 0) is 21.7 Å². The minimum atomic E-state index is -0.0511. The fourth-order valence-corrected chi connectivity index (χ4v) is 10.9. The van der Waals surface area contributed by atoms with Crippen molar-refractivity contribution >= 4 is 55.9 Å². The molecule has 0 fully saturated rings. The van der Waals surface area contributed by atoms with Crippen molar-refractivity contribution in [1.29, 1.82) is 0 Å². The molecule has 0 radical (unpaired) electrons. The van der Waals surface area contributed by atoms with E-state index in [2.05, 4.69) is 316 Å². The second-order valence-electron chi connectivity index (χ2n) is 25.3. The fourth-order valence-electron chi connectivity index (χ4n) is 10.9. The second kappa shape index (κ2) is 20.4. The second-order valence-corrected chi connectivity index (χ2v) is 25.3. The van der Waals surface area contributed by atoms with E-state index < -0.39 is 0 Å². The summed E-state index contributed by atoms with van der Waals surface area (Å²) >= 11 is 0. The lowest BCUT2D eigenvalue weighted by Crippen LogP contribution is -2.19. The van der Waals surface area contributed by atoms with Crippen LogP contribution in [0.2, 0.25) is 0 Å². The topological polar surface area (TPSA) is 37.2 Å². The van der Waals surface area contributed by atoms with E-state index in [1.54, 1.807) is 0 Å². The molecule has 2 heterocycles. The Hall–Kier alpha value is -8.54. The van der Waals surface area contributed by atoms with Crippen LogP contribution < -0.4 is 9.80 Å². The van der Waals surface area contributed by atoms with Gasteiger partial charge in [-0.25, -0.2) is 9.97 Å². The quantitative estimate of drug-likeness (QED) is 0.137. The molecule has 0 aliphatic carbocycles. The number of anilines is 6. The Morgan fingerprint density at radius 1 is 0.304 bits per heavy atom. The Morgan fingerprint density at radius 2 is 0.608 bits per heavy atom. The van der Waals surface area contributed by atoms with Crippen LogP contribution in [0.15, 0.2) is 224 Å². The predicted octanol–water partition coefficient (Wildman–Crippen LogP) is 20.7. The van der Waals surface area contributed by atoms with Gasteiger partial charge in [-0.05, 0) is 123 Å². The Labute approximate surface area is 468 Å². The van der Waals surface area contributed by atoms with Crippen molar-refractivity contribution in [1.82, 2.24) is 14.5 Å². The smallest absolute Gasteiger partial charge is 0.160 e. The first kappa shape index (κ1) is 52.5. The molecule has 0 aliphatic heterocycles. The van der Waals surface area contributed by atoms with Gasteiger partial charge in [0.05, 0.1) is 39.5 Å². The molecule has 0 saturated heterocycles. The molecule has 0 unspecified atom stereocenters. The van der Waals surface area contributed by atoms with Crippen LogP contribution in [0.5, 0.6) is 0 Å². The Kier molecular flexibility index (Phi) is 13.5. The summed E-state index contributed by atoms with van der Waals surface area (Å²) in [5, 5.41) is 2.36. The van der Waals surface area contributed by atoms with Crippen LogP contribution in [0.1, 0.15) is 105 Å². The molecule has 0 N–H and O–H groups in total. The Balaban J connectivity index is 1.35. The Bertz CT molecular complexity index is 3570. The first-order valence-electron chi connectivity index (χ1n) is 27.9. The number of hydrogen-bond donors (Lipinski definition) is 0. The molecule has 0 aliphatic rings. The third kappa shape index (κ3) is 10.5. The molecule has 394 valence electrons. The molecule has 5 heteroatoms. The molecule has 79 heavy (non-hydrogen) atoms. The highest BCUT2D eigenvalue weighted by Gasteiger charge is 2.31. The van der Waals surface area contributed by atoms with Crippen LogP contribution >= 0.6 is 0 Å². The molecule has 0 spiro atoms. The number of hydrogen-bond acceptors (Lipinski definition) is 4. The number of para-hydroxylation sites is 2. The van der Waals surface area contributed by atoms with Crippen molar-refractivity contribution in [2.75, 3.05) is 9.80 Å². The molecule has 11 aromatic rings. The predicted molar refractivity (Wildman–Crippen MR) is 337 cm³/mol. The van der Waals surface area contributed by atoms with Crippen molar-refractivity contribution in [2.45, 2.75) is 105 Å². The van der Waals surface area contributed by atoms with E-state index in [9.17, 15) is 0 Å². The maximum absolute atomic E-state index is 5.58. The van der Waals surface area contributed by atoms with Crippen molar-refractivity contribution in [3.63, 3.8) is 0 Å². The minimum absolute atomic E-state index is 0.0511. The van der Waals surface area contributed by atoms with Gasteiger partial charge in [0.2, 0.25) is 0 Å². The molecule has 0 atom stereocenters. The summed E-state index contributed by atoms with van der Waals surface area (Å²) in [5.41, 5.74) is 18.8. The molecule has 0 bridgehead atoms. The van der Waals surface area contributed by atoms with Crippen molar-refractivity contribution in [2.24, 2.45) is 0 Å². The van der Waals surface area contributed by atoms with Gasteiger partial charge in [-0.1, -0.05) is 229 Å². The number of benzene rings is 9. The highest BCUT2D eigenvalue weighted by Crippen LogP contribution is 2.51. The van der Waals surface area contributed by atoms with E-state index in [0.717, 1.165) is 78.9 Å². The maximum atomic E-state index is 5.58. The van der Waals surface area contributed by atoms with Gasteiger partial charge in [-0.3, -0.25) is 0 Å². The summed E-state index contributed by atoms with van der Waals surface area (Å²) in [4.78, 5) is 15.8. The number of nitrogens with zero attached hydrogens (tertiary/aromatic N) is 5. The van der Waals surface area contributed by atoms with E-state index in [1.165, 1.54) is 33.0 Å². The molecule has 0 amide bonds. The van der Waals surface area contributed by atoms with E-state index in [0.29, 0.717) is 5.82 Å². The van der Waals surface area contributed by atoms with Gasteiger partial charge in [-0.2, -0.15) is 0 Å². The summed E-state index contributed by atoms with van der Waals surface area (Å²) in [5.74, 6) is 0.659. The summed E-state index contributed by atoms with van der Waals surface area (Å²) in [6.45, 7) is 27.4. The minimum Gasteiger partial charge on any atom is -0.308 e. The lowest BCUT2D eigenvalue weighted by Gasteiger charge is -2.35. The van der Waals surface area contributed by atoms with Gasteiger partial charge in [0.1, 0.15) is 0 Å². The van der Waals surface area contributed by atoms with E-state index in [4.69, 9.17) is 9.97 Å². The van der Waals surface area contributed by atoms with Crippen LogP contribution in [0, 0.1) is 0 Å². The number of aromatic nitrogens is 3. The third-order valence-electron chi connectivity index (χ3n) is 15.4. The summed E-state index contributed by atoms with van der Waals surface area (Å²) in [6.07, 6.45) is 0. The molecule has 2 aromatic heterocycles. The lowest BCUT2D eigenvalue weighted by molar-refractivity contribution is 0.590. The maximum Gasteiger partial charge on any atom is 0.160 e. The molecule has 5 nitrogen and oxygen atoms in total. The summed E-state index contributed by atoms with van der Waals surface area (Å²) in [7, 11) is 0. The largest absolute Gasteiger partial charge is 0.308 e. The van der Waals surface area contributed by atoms with E-state index in [-0.39, 0.29) is 21.7 Å². The number of fused-ring (bicyclic) bond motifs is 3. The zero-order valence-corrected chi connectivity index (χ0v) is 48.1. The van der Waals surface area contributed by atoms with E-state index in [1.807, 2.05) is 6.07 Å². The average molecular weight is 1030 g/mol. The zero-order valence-electron chi connectivity index (χ0n) is 48.1. The van der Waals surface area contributed by atoms with Crippen LogP contribution in [-0.4, -0.2) is 14.5 Å². The van der Waals surface area contributed by atoms with Crippen molar-refractivity contribution in [3.05, 3.63) is 247 Å². The van der Waals surface area contributed by atoms with Crippen molar-refractivity contribution in [3.8, 4) is 39.6 Å². The van der Waals surface area contributed by atoms with Gasteiger partial charge in [0.15, 0.2) is 5.82 Å². The molecule has 11 rings (SSSR count). The number of rotatable bonds is 10. The highest BCUT2D eigenvalue weighted by molar-refractivity contribution is 6.11. The summed E-state index contributed by atoms with van der Waals surface area (Å²) in [6, 6.07) is 82.4. The molecular formula is C74H73N5. The van der Waals surface area contributed by atoms with Gasteiger partial charge in [-0.15, -0.1) is 0 Å². The molecular weight excluding hydrogens is 959 g/mol. The SMILES string of the molecule is CC(C)(C)c1ccc(N(c2ccc(C(C)(C)C)cc2)c2cc(-c3cc(-c4ccccc4)nc(-c4ccccc4)n3)cc(N(c3ccc(C(C)(C)C)cc3)c3ccc(C(C)(C)C)cc3)c2-n2c3ccccc3c3ccccc32)cc1. The van der Waals surface area contributed by atoms with Gasteiger partial charge >= 0.3 is 0 Å². The highest BCUT2D eigenvalue weighted by atomic mass is 15.2. The first-order valence-corrected chi connectivity index (χ1v) is 27.9. The standard InChI is InChI=1S/C74H73N5/c1-71(2,3)53-31-39-57(40-32-53)77(58-41-33-54(34-42-58)72(4,5)6)67-47-52(64-49-63(50-23-15-13-16-24-50)75-70(76-64)51-25-17-14-18-26-51)48-68(69(67)79-65-29-21-19-27-61(65)62-28-20-22-30-66(62)79)78(59-43-35-55(36-44-59)73(7,8)9)60-45-37-56(38-46-60)74(10,11)12/h13-49H,1-12H3. The first-order chi connectivity index (χ1) is 37.7. The Morgan fingerprint density at radius 3 is 0.949 bits per heavy atom.